The maximum atomic E-state index is 5.38. The summed E-state index contributed by atoms with van der Waals surface area (Å²) in [5.41, 5.74) is 6.77. The molecule has 0 bridgehead atoms. The van der Waals surface area contributed by atoms with E-state index in [1.165, 1.54) is 5.56 Å². The lowest BCUT2D eigenvalue weighted by Gasteiger charge is -2.07. The molecule has 0 aliphatic carbocycles. The van der Waals surface area contributed by atoms with Crippen molar-refractivity contribution in [3.8, 4) is 0 Å². The first-order valence-corrected chi connectivity index (χ1v) is 6.79. The minimum absolute atomic E-state index is 0.709. The third kappa shape index (κ3) is 8.20. The monoisotopic (exact) mass is 250 g/mol. The quantitative estimate of drug-likeness (QED) is 0.416. The first kappa shape index (κ1) is 15.1. The van der Waals surface area contributed by atoms with Crippen LogP contribution in [0.5, 0.6) is 0 Å². The van der Waals surface area contributed by atoms with Crippen LogP contribution in [0.25, 0.3) is 0 Å². The zero-order chi connectivity index (χ0) is 12.9. The van der Waals surface area contributed by atoms with Gasteiger partial charge in [-0.2, -0.15) is 0 Å². The molecule has 102 valence electrons. The number of benzene rings is 1. The first-order chi connectivity index (χ1) is 8.93. The van der Waals surface area contributed by atoms with Crippen LogP contribution in [0.15, 0.2) is 30.3 Å². The lowest BCUT2D eigenvalue weighted by atomic mass is 10.1. The molecule has 0 heterocycles. The van der Waals surface area contributed by atoms with Gasteiger partial charge in [0, 0.05) is 39.3 Å². The first-order valence-electron chi connectivity index (χ1n) is 6.79. The smallest absolute Gasteiger partial charge is 0.00772 e. The second-order valence-electron chi connectivity index (χ2n) is 4.27. The Morgan fingerprint density at radius 2 is 1.28 bits per heavy atom. The van der Waals surface area contributed by atoms with E-state index in [1.807, 2.05) is 0 Å². The van der Waals surface area contributed by atoms with Gasteiger partial charge >= 0.3 is 0 Å². The van der Waals surface area contributed by atoms with Gasteiger partial charge in [-0.05, 0) is 18.5 Å². The predicted molar refractivity (Wildman–Crippen MR) is 77.8 cm³/mol. The summed E-state index contributed by atoms with van der Waals surface area (Å²) in [5, 5.41) is 10.1. The van der Waals surface area contributed by atoms with Gasteiger partial charge in [0.15, 0.2) is 0 Å². The van der Waals surface area contributed by atoms with Crippen molar-refractivity contribution in [1.82, 2.24) is 16.0 Å². The molecule has 0 fully saturated rings. The molecule has 0 aliphatic rings. The van der Waals surface area contributed by atoms with E-state index in [2.05, 4.69) is 46.3 Å². The molecule has 0 radical (unpaired) electrons. The topological polar surface area (TPSA) is 62.1 Å². The maximum Gasteiger partial charge on any atom is 0.00772 e. The Balaban J connectivity index is 1.82. The molecule has 5 N–H and O–H groups in total. The van der Waals surface area contributed by atoms with E-state index >= 15 is 0 Å². The summed E-state index contributed by atoms with van der Waals surface area (Å²) < 4.78 is 0. The van der Waals surface area contributed by atoms with Crippen molar-refractivity contribution in [1.29, 1.82) is 0 Å². The molecule has 18 heavy (non-hydrogen) atoms. The van der Waals surface area contributed by atoms with Crippen LogP contribution >= 0.6 is 0 Å². The minimum Gasteiger partial charge on any atom is -0.329 e. The molecule has 0 atom stereocenters. The van der Waals surface area contributed by atoms with Gasteiger partial charge in [0.25, 0.3) is 0 Å². The number of hydrogen-bond donors (Lipinski definition) is 4. The maximum absolute atomic E-state index is 5.38. The summed E-state index contributed by atoms with van der Waals surface area (Å²) in [6, 6.07) is 10.6. The van der Waals surface area contributed by atoms with Crippen LogP contribution in [0.2, 0.25) is 0 Å². The van der Waals surface area contributed by atoms with Crippen LogP contribution < -0.4 is 21.7 Å². The average molecular weight is 250 g/mol. The van der Waals surface area contributed by atoms with Crippen LogP contribution in [0.1, 0.15) is 5.56 Å². The standard InChI is InChI=1S/C14H26N4/c15-7-9-17-11-13-18-12-10-16-8-6-14-4-2-1-3-5-14/h1-5,16-18H,6-13,15H2. The van der Waals surface area contributed by atoms with E-state index in [-0.39, 0.29) is 0 Å². The van der Waals surface area contributed by atoms with Gasteiger partial charge in [-0.25, -0.2) is 0 Å². The summed E-state index contributed by atoms with van der Waals surface area (Å²) in [5.74, 6) is 0. The van der Waals surface area contributed by atoms with Crippen LogP contribution in [0.4, 0.5) is 0 Å². The van der Waals surface area contributed by atoms with Crippen molar-refractivity contribution in [2.75, 3.05) is 45.8 Å². The fourth-order valence-corrected chi connectivity index (χ4v) is 1.71. The lowest BCUT2D eigenvalue weighted by Crippen LogP contribution is -2.34. The van der Waals surface area contributed by atoms with Gasteiger partial charge in [0.2, 0.25) is 0 Å². The molecule has 4 heteroatoms. The normalized spacial score (nSPS) is 10.7. The molecule has 0 unspecified atom stereocenters. The molecular formula is C14H26N4. The number of nitrogens with two attached hydrogens (primary N) is 1. The zero-order valence-electron chi connectivity index (χ0n) is 11.1. The van der Waals surface area contributed by atoms with Crippen molar-refractivity contribution < 1.29 is 0 Å². The number of rotatable bonds is 11. The third-order valence-electron chi connectivity index (χ3n) is 2.71. The van der Waals surface area contributed by atoms with Crippen LogP contribution in [-0.4, -0.2) is 45.8 Å². The van der Waals surface area contributed by atoms with Gasteiger partial charge in [0.1, 0.15) is 0 Å². The van der Waals surface area contributed by atoms with Crippen molar-refractivity contribution in [2.24, 2.45) is 5.73 Å². The second-order valence-corrected chi connectivity index (χ2v) is 4.27. The molecular weight excluding hydrogens is 224 g/mol. The predicted octanol–water partition coefficient (Wildman–Crippen LogP) is -0.0434. The van der Waals surface area contributed by atoms with Crippen molar-refractivity contribution in [3.63, 3.8) is 0 Å². The SMILES string of the molecule is NCCNCCNCCNCCc1ccccc1. The zero-order valence-corrected chi connectivity index (χ0v) is 11.1. The summed E-state index contributed by atoms with van der Waals surface area (Å²) in [7, 11) is 0. The molecule has 0 aromatic heterocycles. The minimum atomic E-state index is 0.709. The summed E-state index contributed by atoms with van der Waals surface area (Å²) in [4.78, 5) is 0. The average Bonchev–Trinajstić information content (AvgIpc) is 2.42. The lowest BCUT2D eigenvalue weighted by molar-refractivity contribution is 0.584. The highest BCUT2D eigenvalue weighted by Gasteiger charge is 1.91. The Bertz CT molecular complexity index is 276. The molecule has 0 aliphatic heterocycles. The largest absolute Gasteiger partial charge is 0.329 e. The van der Waals surface area contributed by atoms with Gasteiger partial charge in [0.05, 0.1) is 0 Å². The van der Waals surface area contributed by atoms with E-state index in [1.54, 1.807) is 0 Å². The Morgan fingerprint density at radius 1 is 0.722 bits per heavy atom. The fraction of sp³-hybridized carbons (Fsp3) is 0.571. The molecule has 1 aromatic carbocycles. The van der Waals surface area contributed by atoms with E-state index in [9.17, 15) is 0 Å². The Kier molecular flexibility index (Phi) is 9.38. The Labute approximate surface area is 110 Å². The molecule has 0 saturated heterocycles. The molecule has 0 spiro atoms. The summed E-state index contributed by atoms with van der Waals surface area (Å²) in [6.07, 6.45) is 1.10. The third-order valence-corrected chi connectivity index (χ3v) is 2.71. The van der Waals surface area contributed by atoms with Crippen LogP contribution in [0, 0.1) is 0 Å². The fourth-order valence-electron chi connectivity index (χ4n) is 1.71. The number of nitrogens with one attached hydrogen (secondary N) is 3. The highest BCUT2D eigenvalue weighted by atomic mass is 15.0. The van der Waals surface area contributed by atoms with Crippen molar-refractivity contribution in [2.45, 2.75) is 6.42 Å². The van der Waals surface area contributed by atoms with Gasteiger partial charge < -0.3 is 21.7 Å². The summed E-state index contributed by atoms with van der Waals surface area (Å²) in [6.45, 7) is 6.67. The van der Waals surface area contributed by atoms with E-state index in [0.29, 0.717) is 6.54 Å². The van der Waals surface area contributed by atoms with Crippen LogP contribution in [-0.2, 0) is 6.42 Å². The molecule has 0 amide bonds. The molecule has 4 nitrogen and oxygen atoms in total. The second kappa shape index (κ2) is 11.2. The summed E-state index contributed by atoms with van der Waals surface area (Å²) >= 11 is 0. The van der Waals surface area contributed by atoms with Crippen LogP contribution in [0.3, 0.4) is 0 Å². The molecule has 1 rings (SSSR count). The van der Waals surface area contributed by atoms with Crippen molar-refractivity contribution >= 4 is 0 Å². The van der Waals surface area contributed by atoms with Gasteiger partial charge in [-0.3, -0.25) is 0 Å². The van der Waals surface area contributed by atoms with E-state index < -0.39 is 0 Å². The van der Waals surface area contributed by atoms with Gasteiger partial charge in [-0.1, -0.05) is 30.3 Å². The van der Waals surface area contributed by atoms with Gasteiger partial charge in [-0.15, -0.1) is 0 Å². The number of hydrogen-bond acceptors (Lipinski definition) is 4. The van der Waals surface area contributed by atoms with Crippen molar-refractivity contribution in [3.05, 3.63) is 35.9 Å². The highest BCUT2D eigenvalue weighted by Crippen LogP contribution is 1.97. The Morgan fingerprint density at radius 3 is 1.89 bits per heavy atom. The Hall–Kier alpha value is -0.940. The van der Waals surface area contributed by atoms with E-state index in [4.69, 9.17) is 5.73 Å². The molecule has 1 aromatic rings. The molecule has 0 saturated carbocycles. The highest BCUT2D eigenvalue weighted by molar-refractivity contribution is 5.14. The van der Waals surface area contributed by atoms with E-state index in [0.717, 1.165) is 45.7 Å².